The topological polar surface area (TPSA) is 108 Å². The van der Waals surface area contributed by atoms with Gasteiger partial charge in [0, 0.05) is 5.56 Å². The van der Waals surface area contributed by atoms with Crippen molar-refractivity contribution in [2.24, 2.45) is 0 Å². The first kappa shape index (κ1) is 22.4. The van der Waals surface area contributed by atoms with Crippen LogP contribution in [0, 0.1) is 11.3 Å². The molecule has 0 aliphatic heterocycles. The zero-order valence-electron chi connectivity index (χ0n) is 18.4. The van der Waals surface area contributed by atoms with Crippen molar-refractivity contribution >= 4 is 34.2 Å². The number of rotatable bonds is 7. The van der Waals surface area contributed by atoms with Gasteiger partial charge in [-0.2, -0.15) is 5.26 Å². The maximum atomic E-state index is 13.1. The minimum Gasteiger partial charge on any atom is -0.507 e. The quantitative estimate of drug-likeness (QED) is 0.132. The Labute approximate surface area is 196 Å². The van der Waals surface area contributed by atoms with E-state index in [1.807, 2.05) is 60.7 Å². The fourth-order valence-corrected chi connectivity index (χ4v) is 3.43. The van der Waals surface area contributed by atoms with Crippen molar-refractivity contribution in [1.29, 1.82) is 5.26 Å². The number of hydrogen-bond donors (Lipinski definition) is 2. The fraction of sp³-hybridized carbons (Fsp3) is 0.0741. The number of carbonyl (C=O) groups is 1. The molecule has 0 amide bonds. The molecule has 1 heterocycles. The van der Waals surface area contributed by atoms with Gasteiger partial charge in [0.05, 0.1) is 23.7 Å². The summed E-state index contributed by atoms with van der Waals surface area (Å²) < 4.78 is 10.8. The van der Waals surface area contributed by atoms with Gasteiger partial charge in [-0.1, -0.05) is 60.7 Å². The van der Waals surface area contributed by atoms with Gasteiger partial charge in [0.15, 0.2) is 11.6 Å². The van der Waals surface area contributed by atoms with Crippen LogP contribution in [0.3, 0.4) is 0 Å². The summed E-state index contributed by atoms with van der Waals surface area (Å²) in [5.74, 6) is -0.265. The third kappa shape index (κ3) is 4.81. The van der Waals surface area contributed by atoms with Gasteiger partial charge in [0.2, 0.25) is 0 Å². The van der Waals surface area contributed by atoms with Crippen LogP contribution in [-0.2, 0) is 9.53 Å². The number of nitrogens with one attached hydrogen (secondary N) is 1. The second-order valence-electron chi connectivity index (χ2n) is 7.28. The molecule has 168 valence electrons. The molecule has 7 nitrogen and oxygen atoms in total. The average molecular weight is 451 g/mol. The van der Waals surface area contributed by atoms with Crippen molar-refractivity contribution < 1.29 is 19.4 Å². The standard InChI is InChI=1S/C27H21N3O4/c1-33-25-14-8-5-11-19(25)15-20(18-9-3-2-4-10-18)27(32)34-17-24(31)21(16-28)26-29-22-12-6-7-13-23(22)30-26/h2-15,31H,17H2,1H3,(H,29,30)/b20-15+,24-21-. The number of para-hydroxylation sites is 3. The van der Waals surface area contributed by atoms with Crippen LogP contribution in [0.2, 0.25) is 0 Å². The number of aromatic nitrogens is 2. The zero-order chi connectivity index (χ0) is 23.9. The Morgan fingerprint density at radius 1 is 1.06 bits per heavy atom. The number of aliphatic hydroxyl groups excluding tert-OH is 1. The lowest BCUT2D eigenvalue weighted by Gasteiger charge is -2.11. The molecule has 0 saturated heterocycles. The van der Waals surface area contributed by atoms with Crippen molar-refractivity contribution in [3.8, 4) is 11.8 Å². The molecular formula is C27H21N3O4. The van der Waals surface area contributed by atoms with Crippen molar-refractivity contribution in [3.05, 3.63) is 102 Å². The van der Waals surface area contributed by atoms with Crippen LogP contribution in [0.15, 0.2) is 84.6 Å². The van der Waals surface area contributed by atoms with E-state index < -0.39 is 18.3 Å². The lowest BCUT2D eigenvalue weighted by atomic mass is 10.0. The van der Waals surface area contributed by atoms with Crippen LogP contribution in [-0.4, -0.2) is 34.8 Å². The van der Waals surface area contributed by atoms with Gasteiger partial charge >= 0.3 is 5.97 Å². The van der Waals surface area contributed by atoms with Gasteiger partial charge in [-0.05, 0) is 29.8 Å². The summed E-state index contributed by atoms with van der Waals surface area (Å²) >= 11 is 0. The van der Waals surface area contributed by atoms with Gasteiger partial charge < -0.3 is 19.6 Å². The minimum absolute atomic E-state index is 0.0982. The van der Waals surface area contributed by atoms with E-state index in [9.17, 15) is 15.2 Å². The Bertz CT molecular complexity index is 1400. The maximum Gasteiger partial charge on any atom is 0.339 e. The number of methoxy groups -OCH3 is 1. The molecule has 0 saturated carbocycles. The zero-order valence-corrected chi connectivity index (χ0v) is 18.4. The average Bonchev–Trinajstić information content (AvgIpc) is 3.30. The largest absolute Gasteiger partial charge is 0.507 e. The van der Waals surface area contributed by atoms with E-state index in [1.165, 1.54) is 0 Å². The highest BCUT2D eigenvalue weighted by atomic mass is 16.5. The van der Waals surface area contributed by atoms with Gasteiger partial charge in [0.1, 0.15) is 24.0 Å². The molecule has 0 radical (unpaired) electrons. The molecule has 0 fully saturated rings. The highest BCUT2D eigenvalue weighted by Crippen LogP contribution is 2.26. The van der Waals surface area contributed by atoms with E-state index in [1.54, 1.807) is 37.5 Å². The molecule has 0 aliphatic rings. The number of nitriles is 1. The normalized spacial score (nSPS) is 12.1. The smallest absolute Gasteiger partial charge is 0.339 e. The monoisotopic (exact) mass is 451 g/mol. The molecule has 0 unspecified atom stereocenters. The van der Waals surface area contributed by atoms with Crippen molar-refractivity contribution in [2.75, 3.05) is 13.7 Å². The first-order chi connectivity index (χ1) is 16.6. The highest BCUT2D eigenvalue weighted by Gasteiger charge is 2.18. The molecule has 2 N–H and O–H groups in total. The molecule has 4 aromatic rings. The van der Waals surface area contributed by atoms with Gasteiger partial charge in [-0.25, -0.2) is 9.78 Å². The van der Waals surface area contributed by atoms with Crippen LogP contribution in [0.25, 0.3) is 28.3 Å². The van der Waals surface area contributed by atoms with Crippen molar-refractivity contribution in [2.45, 2.75) is 0 Å². The molecule has 0 aliphatic carbocycles. The number of carbonyl (C=O) groups excluding carboxylic acids is 1. The predicted octanol–water partition coefficient (Wildman–Crippen LogP) is 5.15. The summed E-state index contributed by atoms with van der Waals surface area (Å²) in [5, 5.41) is 20.1. The summed E-state index contributed by atoms with van der Waals surface area (Å²) in [7, 11) is 1.55. The van der Waals surface area contributed by atoms with Gasteiger partial charge in [0.25, 0.3) is 0 Å². The Balaban J connectivity index is 1.62. The van der Waals surface area contributed by atoms with E-state index in [-0.39, 0.29) is 17.0 Å². The maximum absolute atomic E-state index is 13.1. The lowest BCUT2D eigenvalue weighted by molar-refractivity contribution is -0.136. The molecular weight excluding hydrogens is 430 g/mol. The van der Waals surface area contributed by atoms with Crippen LogP contribution < -0.4 is 4.74 Å². The summed E-state index contributed by atoms with van der Waals surface area (Å²) in [6.45, 7) is -0.491. The lowest BCUT2D eigenvalue weighted by Crippen LogP contribution is -2.11. The number of fused-ring (bicyclic) bond motifs is 1. The number of aliphatic hydroxyl groups is 1. The molecule has 34 heavy (non-hydrogen) atoms. The van der Waals surface area contributed by atoms with Crippen LogP contribution in [0.4, 0.5) is 0 Å². The van der Waals surface area contributed by atoms with E-state index in [0.717, 1.165) is 5.52 Å². The number of ether oxygens (including phenoxy) is 2. The second kappa shape index (κ2) is 10.2. The Morgan fingerprint density at radius 2 is 1.76 bits per heavy atom. The molecule has 0 bridgehead atoms. The van der Waals surface area contributed by atoms with Gasteiger partial charge in [-0.3, -0.25) is 0 Å². The van der Waals surface area contributed by atoms with Crippen molar-refractivity contribution in [1.82, 2.24) is 9.97 Å². The Morgan fingerprint density at radius 3 is 2.50 bits per heavy atom. The molecule has 3 aromatic carbocycles. The first-order valence-electron chi connectivity index (χ1n) is 10.5. The number of H-pyrrole nitrogens is 1. The van der Waals surface area contributed by atoms with E-state index in [2.05, 4.69) is 9.97 Å². The van der Waals surface area contributed by atoms with E-state index >= 15 is 0 Å². The number of imidazole rings is 1. The number of esters is 1. The van der Waals surface area contributed by atoms with Crippen molar-refractivity contribution in [3.63, 3.8) is 0 Å². The SMILES string of the molecule is COc1ccccc1/C=C(/C(=O)OC/C(O)=C(\C#N)c1nc2ccccc2[nH]1)c1ccccc1. The van der Waals surface area contributed by atoms with E-state index in [0.29, 0.717) is 22.4 Å². The first-order valence-corrected chi connectivity index (χ1v) is 10.5. The van der Waals surface area contributed by atoms with Crippen LogP contribution in [0.5, 0.6) is 5.75 Å². The number of nitrogens with zero attached hydrogens (tertiary/aromatic N) is 2. The summed E-state index contributed by atoms with van der Waals surface area (Å²) in [6, 6.07) is 25.5. The molecule has 0 spiro atoms. The molecule has 4 rings (SSSR count). The van der Waals surface area contributed by atoms with Crippen LogP contribution >= 0.6 is 0 Å². The van der Waals surface area contributed by atoms with Gasteiger partial charge in [-0.15, -0.1) is 0 Å². The third-order valence-corrected chi connectivity index (χ3v) is 5.11. The number of benzene rings is 3. The number of hydrogen-bond acceptors (Lipinski definition) is 6. The second-order valence-corrected chi connectivity index (χ2v) is 7.28. The summed E-state index contributed by atoms with van der Waals surface area (Å²) in [4.78, 5) is 20.4. The molecule has 7 heteroatoms. The minimum atomic E-state index is -0.662. The summed E-state index contributed by atoms with van der Waals surface area (Å²) in [6.07, 6.45) is 1.67. The molecule has 0 atom stereocenters. The number of aromatic amines is 1. The number of allylic oxidation sites excluding steroid dienone is 1. The Kier molecular flexibility index (Phi) is 6.70. The highest BCUT2D eigenvalue weighted by molar-refractivity contribution is 6.21. The Hall–Kier alpha value is -4.83. The van der Waals surface area contributed by atoms with Crippen LogP contribution in [0.1, 0.15) is 17.0 Å². The fourth-order valence-electron chi connectivity index (χ4n) is 3.43. The van der Waals surface area contributed by atoms with E-state index in [4.69, 9.17) is 9.47 Å². The molecule has 1 aromatic heterocycles. The third-order valence-electron chi connectivity index (χ3n) is 5.11. The predicted molar refractivity (Wildman–Crippen MR) is 130 cm³/mol. The summed E-state index contributed by atoms with van der Waals surface area (Å²) in [5.41, 5.74) is 2.89.